The molecule has 190 valence electrons. The number of Topliss-reactive ketones (excluding diaryl/α,β-unsaturated/α-hetero) is 1. The SMILES string of the molecule is CCCCCCC(=O)OCC(=O)[C@@]1(O)CC[C@H]2[C@@H]3CCC4=CC(=O)CC[C@]4(C)[C@H]3[C@@H](O)C[C@@]21C. The van der Waals surface area contributed by atoms with Gasteiger partial charge in [0.1, 0.15) is 5.60 Å². The molecule has 7 atom stereocenters. The molecule has 0 aromatic carbocycles. The fraction of sp³-hybridized carbons (Fsp3) is 0.821. The number of ketones is 2. The lowest BCUT2D eigenvalue weighted by atomic mass is 9.45. The highest BCUT2D eigenvalue weighted by Crippen LogP contribution is 2.67. The standard InChI is InChI=1S/C28H42O6/c1-4-5-6-7-8-24(32)34-17-23(31)28(33)14-12-21-20-10-9-18-15-19(29)11-13-26(18,2)25(20)22(30)16-27(21,28)3/h15,20-22,25,30,33H,4-14,16-17H2,1-3H3/t20-,21-,22-,25+,26-,27-,28-/m0/s1. The van der Waals surface area contributed by atoms with Crippen LogP contribution in [-0.4, -0.2) is 46.1 Å². The molecule has 0 aromatic rings. The van der Waals surface area contributed by atoms with Crippen LogP contribution in [0, 0.1) is 28.6 Å². The van der Waals surface area contributed by atoms with Gasteiger partial charge in [-0.3, -0.25) is 14.4 Å². The van der Waals surface area contributed by atoms with Crippen molar-refractivity contribution in [2.75, 3.05) is 6.61 Å². The summed E-state index contributed by atoms with van der Waals surface area (Å²) in [4.78, 5) is 37.4. The number of hydrogen-bond donors (Lipinski definition) is 2. The molecule has 4 aliphatic carbocycles. The molecule has 0 aromatic heterocycles. The van der Waals surface area contributed by atoms with Crippen molar-refractivity contribution in [3.05, 3.63) is 11.6 Å². The van der Waals surface area contributed by atoms with E-state index < -0.39 is 29.5 Å². The van der Waals surface area contributed by atoms with Gasteiger partial charge < -0.3 is 14.9 Å². The third kappa shape index (κ3) is 4.09. The first kappa shape index (κ1) is 25.6. The minimum absolute atomic E-state index is 0.0390. The van der Waals surface area contributed by atoms with Crippen LogP contribution in [0.5, 0.6) is 0 Å². The number of esters is 1. The Morgan fingerprint density at radius 1 is 1.12 bits per heavy atom. The number of carbonyl (C=O) groups excluding carboxylic acids is 3. The molecule has 0 heterocycles. The zero-order valence-corrected chi connectivity index (χ0v) is 21.1. The average Bonchev–Trinajstić information content (AvgIpc) is 3.06. The Morgan fingerprint density at radius 3 is 2.62 bits per heavy atom. The van der Waals surface area contributed by atoms with Crippen molar-refractivity contribution in [1.29, 1.82) is 0 Å². The van der Waals surface area contributed by atoms with Crippen molar-refractivity contribution < 1.29 is 29.3 Å². The van der Waals surface area contributed by atoms with E-state index in [0.29, 0.717) is 25.7 Å². The van der Waals surface area contributed by atoms with E-state index in [9.17, 15) is 24.6 Å². The predicted molar refractivity (Wildman–Crippen MR) is 128 cm³/mol. The Balaban J connectivity index is 1.47. The van der Waals surface area contributed by atoms with E-state index >= 15 is 0 Å². The van der Waals surface area contributed by atoms with Crippen LogP contribution in [0.15, 0.2) is 11.6 Å². The van der Waals surface area contributed by atoms with Gasteiger partial charge in [0.2, 0.25) is 5.78 Å². The predicted octanol–water partition coefficient (Wildman–Crippen LogP) is 4.30. The first-order chi connectivity index (χ1) is 16.1. The summed E-state index contributed by atoms with van der Waals surface area (Å²) in [6, 6.07) is 0. The molecule has 4 rings (SSSR count). The molecule has 6 heteroatoms. The van der Waals surface area contributed by atoms with Gasteiger partial charge in [-0.15, -0.1) is 0 Å². The molecule has 0 unspecified atom stereocenters. The molecule has 6 nitrogen and oxygen atoms in total. The maximum atomic E-state index is 13.2. The van der Waals surface area contributed by atoms with Gasteiger partial charge in [-0.25, -0.2) is 0 Å². The summed E-state index contributed by atoms with van der Waals surface area (Å²) in [6.45, 7) is 5.85. The molecule has 0 bridgehead atoms. The van der Waals surface area contributed by atoms with Crippen LogP contribution in [0.25, 0.3) is 0 Å². The van der Waals surface area contributed by atoms with Gasteiger partial charge in [0, 0.05) is 18.3 Å². The topological polar surface area (TPSA) is 101 Å². The zero-order chi connectivity index (χ0) is 24.7. The number of rotatable bonds is 8. The van der Waals surface area contributed by atoms with E-state index in [-0.39, 0.29) is 34.9 Å². The lowest BCUT2D eigenvalue weighted by molar-refractivity contribution is -0.184. The van der Waals surface area contributed by atoms with Gasteiger partial charge in [-0.2, -0.15) is 0 Å². The monoisotopic (exact) mass is 474 g/mol. The molecule has 34 heavy (non-hydrogen) atoms. The summed E-state index contributed by atoms with van der Waals surface area (Å²) in [5.74, 6) is -0.277. The first-order valence-electron chi connectivity index (χ1n) is 13.4. The molecule has 3 fully saturated rings. The summed E-state index contributed by atoms with van der Waals surface area (Å²) < 4.78 is 5.27. The van der Waals surface area contributed by atoms with Crippen LogP contribution in [0.2, 0.25) is 0 Å². The van der Waals surface area contributed by atoms with E-state index in [1.807, 2.05) is 13.0 Å². The third-order valence-corrected chi connectivity index (χ3v) is 10.1. The Bertz CT molecular complexity index is 863. The van der Waals surface area contributed by atoms with Crippen molar-refractivity contribution >= 4 is 17.5 Å². The Morgan fingerprint density at radius 2 is 1.88 bits per heavy atom. The molecule has 0 saturated heterocycles. The molecule has 0 amide bonds. The first-order valence-corrected chi connectivity index (χ1v) is 13.4. The van der Waals surface area contributed by atoms with Crippen LogP contribution in [0.1, 0.15) is 97.8 Å². The third-order valence-electron chi connectivity index (χ3n) is 10.1. The lowest BCUT2D eigenvalue weighted by Gasteiger charge is -2.60. The highest BCUT2D eigenvalue weighted by Gasteiger charge is 2.68. The summed E-state index contributed by atoms with van der Waals surface area (Å²) in [5, 5.41) is 23.1. The van der Waals surface area contributed by atoms with Crippen molar-refractivity contribution in [3.8, 4) is 0 Å². The van der Waals surface area contributed by atoms with Crippen molar-refractivity contribution in [1.82, 2.24) is 0 Å². The normalized spacial score (nSPS) is 41.2. The summed E-state index contributed by atoms with van der Waals surface area (Å²) in [7, 11) is 0. The largest absolute Gasteiger partial charge is 0.458 e. The van der Waals surface area contributed by atoms with Crippen LogP contribution >= 0.6 is 0 Å². The van der Waals surface area contributed by atoms with Crippen molar-refractivity contribution in [2.45, 2.75) is 110 Å². The molecule has 0 aliphatic heterocycles. The van der Waals surface area contributed by atoms with E-state index in [1.54, 1.807) is 0 Å². The number of aliphatic hydroxyl groups is 2. The summed E-state index contributed by atoms with van der Waals surface area (Å²) in [6.07, 6.45) is 9.74. The van der Waals surface area contributed by atoms with Gasteiger partial charge in [-0.05, 0) is 74.2 Å². The quantitative estimate of drug-likeness (QED) is 0.402. The van der Waals surface area contributed by atoms with Gasteiger partial charge >= 0.3 is 5.97 Å². The Hall–Kier alpha value is -1.53. The van der Waals surface area contributed by atoms with E-state index in [1.165, 1.54) is 5.57 Å². The fourth-order valence-corrected chi connectivity index (χ4v) is 8.18. The lowest BCUT2D eigenvalue weighted by Crippen LogP contribution is -2.62. The van der Waals surface area contributed by atoms with E-state index in [2.05, 4.69) is 13.8 Å². The number of fused-ring (bicyclic) bond motifs is 5. The molecule has 0 radical (unpaired) electrons. The number of allylic oxidation sites excluding steroid dienone is 1. The van der Waals surface area contributed by atoms with Gasteiger partial charge in [0.05, 0.1) is 6.10 Å². The molecule has 3 saturated carbocycles. The second kappa shape index (κ2) is 9.50. The van der Waals surface area contributed by atoms with Gasteiger partial charge in [-0.1, -0.05) is 45.6 Å². The van der Waals surface area contributed by atoms with Gasteiger partial charge in [0.25, 0.3) is 0 Å². The molecule has 4 aliphatic rings. The minimum atomic E-state index is -1.59. The summed E-state index contributed by atoms with van der Waals surface area (Å²) >= 11 is 0. The molecule has 2 N–H and O–H groups in total. The Kier molecular flexibility index (Phi) is 7.14. The van der Waals surface area contributed by atoms with E-state index in [4.69, 9.17) is 4.74 Å². The fourth-order valence-electron chi connectivity index (χ4n) is 8.18. The van der Waals surface area contributed by atoms with Crippen LogP contribution in [-0.2, 0) is 19.1 Å². The van der Waals surface area contributed by atoms with E-state index in [0.717, 1.165) is 51.4 Å². The molecule has 0 spiro atoms. The Labute approximate surface area is 203 Å². The maximum absolute atomic E-state index is 13.2. The number of aliphatic hydroxyl groups excluding tert-OH is 1. The second-order valence-electron chi connectivity index (χ2n) is 11.9. The van der Waals surface area contributed by atoms with Gasteiger partial charge in [0.15, 0.2) is 12.4 Å². The number of ether oxygens (including phenoxy) is 1. The van der Waals surface area contributed by atoms with Crippen LogP contribution in [0.3, 0.4) is 0 Å². The number of carbonyl (C=O) groups is 3. The maximum Gasteiger partial charge on any atom is 0.306 e. The minimum Gasteiger partial charge on any atom is -0.458 e. The van der Waals surface area contributed by atoms with Crippen molar-refractivity contribution in [3.63, 3.8) is 0 Å². The zero-order valence-electron chi connectivity index (χ0n) is 21.1. The number of unbranched alkanes of at least 4 members (excludes halogenated alkanes) is 3. The second-order valence-corrected chi connectivity index (χ2v) is 11.9. The van der Waals surface area contributed by atoms with Crippen LogP contribution < -0.4 is 0 Å². The average molecular weight is 475 g/mol. The molecular formula is C28H42O6. The number of hydrogen-bond acceptors (Lipinski definition) is 6. The molecular weight excluding hydrogens is 432 g/mol. The highest BCUT2D eigenvalue weighted by atomic mass is 16.5. The highest BCUT2D eigenvalue weighted by molar-refractivity contribution is 5.92. The smallest absolute Gasteiger partial charge is 0.306 e. The van der Waals surface area contributed by atoms with Crippen LogP contribution in [0.4, 0.5) is 0 Å². The summed E-state index contributed by atoms with van der Waals surface area (Å²) in [5.41, 5.74) is -1.37. The van der Waals surface area contributed by atoms with Crippen molar-refractivity contribution in [2.24, 2.45) is 28.6 Å².